The van der Waals surface area contributed by atoms with E-state index < -0.39 is 0 Å². The smallest absolute Gasteiger partial charge is 0.223 e. The first-order valence-electron chi connectivity index (χ1n) is 5.82. The Morgan fingerprint density at radius 3 is 2.87 bits per heavy atom. The fourth-order valence-corrected chi connectivity index (χ4v) is 1.99. The summed E-state index contributed by atoms with van der Waals surface area (Å²) in [7, 11) is 0. The highest BCUT2D eigenvalue weighted by Crippen LogP contribution is 2.33. The number of carbonyl (C=O) groups is 1. The quantitative estimate of drug-likeness (QED) is 0.735. The minimum atomic E-state index is 0.0318. The Bertz CT molecular complexity index is 241. The molecule has 2 rings (SSSR count). The van der Waals surface area contributed by atoms with Gasteiger partial charge in [-0.1, -0.05) is 0 Å². The summed E-state index contributed by atoms with van der Waals surface area (Å²) in [6, 6.07) is 0.207. The number of rotatable bonds is 3. The first-order chi connectivity index (χ1) is 7.20. The average Bonchev–Trinajstić information content (AvgIpc) is 3.02. The summed E-state index contributed by atoms with van der Waals surface area (Å²) in [5.74, 6) is 0.940. The zero-order chi connectivity index (χ0) is 10.8. The van der Waals surface area contributed by atoms with Crippen LogP contribution in [0.25, 0.3) is 0 Å². The zero-order valence-corrected chi connectivity index (χ0v) is 9.32. The van der Waals surface area contributed by atoms with Gasteiger partial charge in [-0.05, 0) is 25.7 Å². The SMILES string of the molecule is CC1COC(CN)CN1C(=O)CC1CC1. The fourth-order valence-electron chi connectivity index (χ4n) is 1.99. The number of morpholine rings is 1. The Morgan fingerprint density at radius 1 is 1.53 bits per heavy atom. The predicted octanol–water partition coefficient (Wildman–Crippen LogP) is 0.361. The summed E-state index contributed by atoms with van der Waals surface area (Å²) in [5.41, 5.74) is 5.56. The van der Waals surface area contributed by atoms with E-state index in [9.17, 15) is 4.79 Å². The number of hydrogen-bond donors (Lipinski definition) is 1. The maximum atomic E-state index is 11.9. The van der Waals surface area contributed by atoms with E-state index in [0.717, 1.165) is 6.42 Å². The molecule has 2 unspecified atom stereocenters. The van der Waals surface area contributed by atoms with Gasteiger partial charge in [0.2, 0.25) is 5.91 Å². The van der Waals surface area contributed by atoms with E-state index in [2.05, 4.69) is 0 Å². The molecule has 1 saturated heterocycles. The number of nitrogens with two attached hydrogens (primary N) is 1. The molecule has 1 saturated carbocycles. The van der Waals surface area contributed by atoms with E-state index in [4.69, 9.17) is 10.5 Å². The second-order valence-corrected chi connectivity index (χ2v) is 4.73. The molecule has 2 N–H and O–H groups in total. The normalized spacial score (nSPS) is 31.7. The van der Waals surface area contributed by atoms with Crippen LogP contribution in [0.3, 0.4) is 0 Å². The van der Waals surface area contributed by atoms with Crippen molar-refractivity contribution in [2.75, 3.05) is 19.7 Å². The van der Waals surface area contributed by atoms with Gasteiger partial charge in [-0.25, -0.2) is 0 Å². The Balaban J connectivity index is 1.88. The maximum absolute atomic E-state index is 11.9. The van der Waals surface area contributed by atoms with Crippen LogP contribution in [0.5, 0.6) is 0 Å². The van der Waals surface area contributed by atoms with E-state index in [1.54, 1.807) is 0 Å². The highest BCUT2D eigenvalue weighted by molar-refractivity contribution is 5.77. The van der Waals surface area contributed by atoms with Crippen LogP contribution in [-0.4, -0.2) is 42.6 Å². The van der Waals surface area contributed by atoms with Crippen LogP contribution in [0.1, 0.15) is 26.2 Å². The largest absolute Gasteiger partial charge is 0.373 e. The molecule has 2 aliphatic rings. The summed E-state index contributed by atoms with van der Waals surface area (Å²) in [4.78, 5) is 13.9. The van der Waals surface area contributed by atoms with E-state index in [1.807, 2.05) is 11.8 Å². The van der Waals surface area contributed by atoms with E-state index in [1.165, 1.54) is 12.8 Å². The second kappa shape index (κ2) is 4.49. The molecule has 0 spiro atoms. The molecule has 15 heavy (non-hydrogen) atoms. The number of nitrogens with zero attached hydrogens (tertiary/aromatic N) is 1. The predicted molar refractivity (Wildman–Crippen MR) is 57.3 cm³/mol. The van der Waals surface area contributed by atoms with Crippen molar-refractivity contribution >= 4 is 5.91 Å². The van der Waals surface area contributed by atoms with Gasteiger partial charge in [0.05, 0.1) is 18.8 Å². The minimum absolute atomic E-state index is 0.0318. The molecular formula is C11H20N2O2. The number of ether oxygens (including phenoxy) is 1. The third-order valence-electron chi connectivity index (χ3n) is 3.25. The van der Waals surface area contributed by atoms with Gasteiger partial charge in [-0.2, -0.15) is 0 Å². The molecule has 2 fully saturated rings. The Hall–Kier alpha value is -0.610. The fraction of sp³-hybridized carbons (Fsp3) is 0.909. The van der Waals surface area contributed by atoms with Gasteiger partial charge in [-0.15, -0.1) is 0 Å². The van der Waals surface area contributed by atoms with Crippen LogP contribution >= 0.6 is 0 Å². The van der Waals surface area contributed by atoms with Crippen LogP contribution in [0.15, 0.2) is 0 Å². The molecular weight excluding hydrogens is 192 g/mol. The van der Waals surface area contributed by atoms with Crippen molar-refractivity contribution in [1.29, 1.82) is 0 Å². The van der Waals surface area contributed by atoms with E-state index >= 15 is 0 Å². The van der Waals surface area contributed by atoms with Gasteiger partial charge >= 0.3 is 0 Å². The lowest BCUT2D eigenvalue weighted by molar-refractivity contribution is -0.143. The lowest BCUT2D eigenvalue weighted by Crippen LogP contribution is -2.52. The van der Waals surface area contributed by atoms with Crippen LogP contribution < -0.4 is 5.73 Å². The van der Waals surface area contributed by atoms with Gasteiger partial charge in [0.15, 0.2) is 0 Å². The summed E-state index contributed by atoms with van der Waals surface area (Å²) in [5, 5.41) is 0. The second-order valence-electron chi connectivity index (χ2n) is 4.73. The highest BCUT2D eigenvalue weighted by Gasteiger charge is 2.32. The minimum Gasteiger partial charge on any atom is -0.373 e. The van der Waals surface area contributed by atoms with Crippen LogP contribution in [0.4, 0.5) is 0 Å². The molecule has 1 heterocycles. The molecule has 86 valence electrons. The van der Waals surface area contributed by atoms with E-state index in [0.29, 0.717) is 25.6 Å². The van der Waals surface area contributed by atoms with Crippen molar-refractivity contribution in [3.63, 3.8) is 0 Å². The van der Waals surface area contributed by atoms with Gasteiger partial charge < -0.3 is 15.4 Å². The van der Waals surface area contributed by atoms with Crippen molar-refractivity contribution in [1.82, 2.24) is 4.90 Å². The van der Waals surface area contributed by atoms with Crippen molar-refractivity contribution in [3.05, 3.63) is 0 Å². The molecule has 0 bridgehead atoms. The number of carbonyl (C=O) groups excluding carboxylic acids is 1. The van der Waals surface area contributed by atoms with Crippen molar-refractivity contribution in [3.8, 4) is 0 Å². The van der Waals surface area contributed by atoms with Crippen molar-refractivity contribution in [2.45, 2.75) is 38.3 Å². The average molecular weight is 212 g/mol. The molecule has 0 radical (unpaired) electrons. The van der Waals surface area contributed by atoms with Gasteiger partial charge in [-0.3, -0.25) is 4.79 Å². The van der Waals surface area contributed by atoms with Crippen molar-refractivity contribution < 1.29 is 9.53 Å². The summed E-state index contributed by atoms with van der Waals surface area (Å²) in [6.45, 7) is 3.83. The molecule has 1 aliphatic carbocycles. The van der Waals surface area contributed by atoms with Crippen LogP contribution in [0.2, 0.25) is 0 Å². The molecule has 4 nitrogen and oxygen atoms in total. The maximum Gasteiger partial charge on any atom is 0.223 e. The lowest BCUT2D eigenvalue weighted by Gasteiger charge is -2.37. The van der Waals surface area contributed by atoms with E-state index in [-0.39, 0.29) is 18.1 Å². The Morgan fingerprint density at radius 2 is 2.27 bits per heavy atom. The van der Waals surface area contributed by atoms with Crippen LogP contribution in [0, 0.1) is 5.92 Å². The molecule has 0 aromatic rings. The summed E-state index contributed by atoms with van der Waals surface area (Å²) in [6.07, 6.45) is 3.21. The monoisotopic (exact) mass is 212 g/mol. The van der Waals surface area contributed by atoms with Gasteiger partial charge in [0.1, 0.15) is 0 Å². The summed E-state index contributed by atoms with van der Waals surface area (Å²) < 4.78 is 5.52. The third kappa shape index (κ3) is 2.69. The van der Waals surface area contributed by atoms with Gasteiger partial charge in [0, 0.05) is 19.5 Å². The first-order valence-corrected chi connectivity index (χ1v) is 5.82. The Kier molecular flexibility index (Phi) is 3.26. The Labute approximate surface area is 90.8 Å². The molecule has 1 amide bonds. The third-order valence-corrected chi connectivity index (χ3v) is 3.25. The van der Waals surface area contributed by atoms with Crippen molar-refractivity contribution in [2.24, 2.45) is 11.7 Å². The van der Waals surface area contributed by atoms with Gasteiger partial charge in [0.25, 0.3) is 0 Å². The molecule has 1 aliphatic heterocycles. The molecule has 0 aromatic heterocycles. The molecule has 0 aromatic carbocycles. The molecule has 4 heteroatoms. The first kappa shape index (κ1) is 10.9. The zero-order valence-electron chi connectivity index (χ0n) is 9.32. The lowest BCUT2D eigenvalue weighted by atomic mass is 10.1. The topological polar surface area (TPSA) is 55.6 Å². The number of hydrogen-bond acceptors (Lipinski definition) is 3. The summed E-state index contributed by atoms with van der Waals surface area (Å²) >= 11 is 0. The molecule has 2 atom stereocenters. The standard InChI is InChI=1S/C11H20N2O2/c1-8-7-15-10(5-12)6-13(8)11(14)4-9-2-3-9/h8-10H,2-7,12H2,1H3. The highest BCUT2D eigenvalue weighted by atomic mass is 16.5. The van der Waals surface area contributed by atoms with Crippen LogP contribution in [-0.2, 0) is 9.53 Å². The number of amides is 1.